The molecule has 1 aromatic carbocycles. The summed E-state index contributed by atoms with van der Waals surface area (Å²) in [4.78, 5) is 8.20. The first-order valence-electron chi connectivity index (χ1n) is 9.11. The van der Waals surface area contributed by atoms with Gasteiger partial charge in [0.1, 0.15) is 0 Å². The molecule has 24 heavy (non-hydrogen) atoms. The number of nitrogens with one attached hydrogen (secondary N) is 1. The summed E-state index contributed by atoms with van der Waals surface area (Å²) in [6, 6.07) is 14.2. The van der Waals surface area contributed by atoms with Crippen LogP contribution in [0.3, 0.4) is 0 Å². The minimum atomic E-state index is 0.767. The average Bonchev–Trinajstić information content (AvgIpc) is 3.27. The monoisotopic (exact) mass is 341 g/mol. The van der Waals surface area contributed by atoms with Gasteiger partial charge in [0.2, 0.25) is 0 Å². The highest BCUT2D eigenvalue weighted by Gasteiger charge is 2.28. The molecule has 1 atom stereocenters. The third kappa shape index (κ3) is 3.72. The first-order chi connectivity index (χ1) is 11.8. The van der Waals surface area contributed by atoms with E-state index in [2.05, 4.69) is 58.4 Å². The van der Waals surface area contributed by atoms with Crippen LogP contribution < -0.4 is 5.32 Å². The number of nitrogens with zero attached hydrogens (tertiary/aromatic N) is 2. The van der Waals surface area contributed by atoms with Crippen LogP contribution in [-0.4, -0.2) is 55.1 Å². The first-order valence-corrected chi connectivity index (χ1v) is 9.92. The third-order valence-electron chi connectivity index (χ3n) is 5.29. The Balaban J connectivity index is 1.35. The maximum atomic E-state index is 3.46. The smallest absolute Gasteiger partial charge is 0.0346 e. The van der Waals surface area contributed by atoms with Gasteiger partial charge in [-0.3, -0.25) is 9.80 Å². The van der Waals surface area contributed by atoms with Gasteiger partial charge < -0.3 is 5.32 Å². The number of likely N-dealkylation sites (tertiary alicyclic amines) is 1. The van der Waals surface area contributed by atoms with Gasteiger partial charge in [-0.25, -0.2) is 0 Å². The van der Waals surface area contributed by atoms with Crippen LogP contribution in [0.25, 0.3) is 10.4 Å². The van der Waals surface area contributed by atoms with Gasteiger partial charge in [0.15, 0.2) is 0 Å². The van der Waals surface area contributed by atoms with Crippen molar-refractivity contribution in [1.29, 1.82) is 0 Å². The standard InChI is InChI=1S/C20H27N3S/c1-16-2-4-17(5-3-16)20-7-6-19(24-20)15-22-11-8-18(14-22)23-12-9-21-10-13-23/h2-7,18,21H,8-15H2,1H3. The molecule has 0 saturated carbocycles. The highest BCUT2D eigenvalue weighted by Crippen LogP contribution is 2.30. The molecule has 0 bridgehead atoms. The summed E-state index contributed by atoms with van der Waals surface area (Å²) in [7, 11) is 0. The molecule has 0 spiro atoms. The Morgan fingerprint density at radius 3 is 2.62 bits per heavy atom. The summed E-state index contributed by atoms with van der Waals surface area (Å²) in [6.45, 7) is 10.5. The second kappa shape index (κ2) is 7.36. The maximum absolute atomic E-state index is 3.46. The van der Waals surface area contributed by atoms with E-state index in [-0.39, 0.29) is 0 Å². The van der Waals surface area contributed by atoms with Gasteiger partial charge in [-0.2, -0.15) is 0 Å². The van der Waals surface area contributed by atoms with Gasteiger partial charge in [-0.05, 0) is 31.0 Å². The van der Waals surface area contributed by atoms with Crippen LogP contribution in [0.15, 0.2) is 36.4 Å². The fourth-order valence-corrected chi connectivity index (χ4v) is 4.91. The fraction of sp³-hybridized carbons (Fsp3) is 0.500. The summed E-state index contributed by atoms with van der Waals surface area (Å²) in [5.41, 5.74) is 2.67. The lowest BCUT2D eigenvalue weighted by atomic mass is 10.1. The molecule has 0 aliphatic carbocycles. The Kier molecular flexibility index (Phi) is 4.99. The molecule has 4 rings (SSSR count). The lowest BCUT2D eigenvalue weighted by molar-refractivity contribution is 0.170. The van der Waals surface area contributed by atoms with Crippen molar-refractivity contribution < 1.29 is 0 Å². The molecule has 3 nitrogen and oxygen atoms in total. The van der Waals surface area contributed by atoms with Crippen molar-refractivity contribution in [2.75, 3.05) is 39.3 Å². The zero-order valence-electron chi connectivity index (χ0n) is 14.5. The number of hydrogen-bond donors (Lipinski definition) is 1. The van der Waals surface area contributed by atoms with Crippen LogP contribution in [-0.2, 0) is 6.54 Å². The zero-order chi connectivity index (χ0) is 16.4. The van der Waals surface area contributed by atoms with Crippen LogP contribution in [0, 0.1) is 6.92 Å². The largest absolute Gasteiger partial charge is 0.314 e. The molecule has 2 saturated heterocycles. The van der Waals surface area contributed by atoms with E-state index in [1.165, 1.54) is 53.5 Å². The van der Waals surface area contributed by atoms with Crippen molar-refractivity contribution >= 4 is 11.3 Å². The lowest BCUT2D eigenvalue weighted by Gasteiger charge is -2.32. The van der Waals surface area contributed by atoms with Gasteiger partial charge in [0.05, 0.1) is 0 Å². The summed E-state index contributed by atoms with van der Waals surface area (Å²) >= 11 is 1.95. The van der Waals surface area contributed by atoms with Crippen molar-refractivity contribution in [1.82, 2.24) is 15.1 Å². The van der Waals surface area contributed by atoms with E-state index in [4.69, 9.17) is 0 Å². The minimum absolute atomic E-state index is 0.767. The second-order valence-corrected chi connectivity index (χ2v) is 8.26. The normalized spacial score (nSPS) is 23.0. The molecular weight excluding hydrogens is 314 g/mol. The van der Waals surface area contributed by atoms with E-state index in [1.807, 2.05) is 11.3 Å². The number of benzene rings is 1. The SMILES string of the molecule is Cc1ccc(-c2ccc(CN3CCC(N4CCNCC4)C3)s2)cc1. The van der Waals surface area contributed by atoms with Crippen molar-refractivity contribution in [2.24, 2.45) is 0 Å². The van der Waals surface area contributed by atoms with Gasteiger partial charge in [0.25, 0.3) is 0 Å². The Bertz CT molecular complexity index is 658. The molecule has 4 heteroatoms. The molecule has 0 amide bonds. The van der Waals surface area contributed by atoms with Crippen molar-refractivity contribution in [3.05, 3.63) is 46.8 Å². The number of rotatable bonds is 4. The van der Waals surface area contributed by atoms with E-state index >= 15 is 0 Å². The quantitative estimate of drug-likeness (QED) is 0.921. The van der Waals surface area contributed by atoms with E-state index in [0.717, 1.165) is 25.7 Å². The highest BCUT2D eigenvalue weighted by molar-refractivity contribution is 7.15. The number of piperazine rings is 1. The number of aryl methyl sites for hydroxylation is 1. The summed E-state index contributed by atoms with van der Waals surface area (Å²) in [6.07, 6.45) is 1.33. The summed E-state index contributed by atoms with van der Waals surface area (Å²) < 4.78 is 0. The van der Waals surface area contributed by atoms with Crippen LogP contribution in [0.4, 0.5) is 0 Å². The van der Waals surface area contributed by atoms with Crippen LogP contribution in [0.2, 0.25) is 0 Å². The summed E-state index contributed by atoms with van der Waals surface area (Å²) in [5, 5.41) is 3.46. The molecule has 3 heterocycles. The molecule has 1 unspecified atom stereocenters. The topological polar surface area (TPSA) is 18.5 Å². The first kappa shape index (κ1) is 16.3. The Hall–Kier alpha value is -1.20. The molecule has 1 aromatic heterocycles. The molecule has 2 aliphatic heterocycles. The second-order valence-electron chi connectivity index (χ2n) is 7.10. The van der Waals surface area contributed by atoms with Crippen molar-refractivity contribution in [3.8, 4) is 10.4 Å². The Morgan fingerprint density at radius 2 is 1.83 bits per heavy atom. The lowest BCUT2D eigenvalue weighted by Crippen LogP contribution is -2.49. The van der Waals surface area contributed by atoms with E-state index in [0.29, 0.717) is 0 Å². The molecule has 2 aromatic rings. The predicted molar refractivity (Wildman–Crippen MR) is 103 cm³/mol. The zero-order valence-corrected chi connectivity index (χ0v) is 15.3. The molecule has 1 N–H and O–H groups in total. The molecule has 128 valence electrons. The molecule has 2 aliphatic rings. The van der Waals surface area contributed by atoms with Crippen molar-refractivity contribution in [2.45, 2.75) is 25.9 Å². The van der Waals surface area contributed by atoms with E-state index in [9.17, 15) is 0 Å². The van der Waals surface area contributed by atoms with Crippen LogP contribution >= 0.6 is 11.3 Å². The highest BCUT2D eigenvalue weighted by atomic mass is 32.1. The van der Waals surface area contributed by atoms with Crippen LogP contribution in [0.1, 0.15) is 16.9 Å². The average molecular weight is 342 g/mol. The Labute approximate surface area is 149 Å². The molecule has 0 radical (unpaired) electrons. The maximum Gasteiger partial charge on any atom is 0.0346 e. The van der Waals surface area contributed by atoms with Crippen molar-refractivity contribution in [3.63, 3.8) is 0 Å². The third-order valence-corrected chi connectivity index (χ3v) is 6.41. The fourth-order valence-electron chi connectivity index (χ4n) is 3.86. The van der Waals surface area contributed by atoms with E-state index < -0.39 is 0 Å². The van der Waals surface area contributed by atoms with E-state index in [1.54, 1.807) is 0 Å². The predicted octanol–water partition coefficient (Wildman–Crippen LogP) is 3.20. The number of thiophene rings is 1. The molecule has 2 fully saturated rings. The van der Waals surface area contributed by atoms with Gasteiger partial charge in [-0.1, -0.05) is 29.8 Å². The molecular formula is C20H27N3S. The Morgan fingerprint density at radius 1 is 1.04 bits per heavy atom. The van der Waals surface area contributed by atoms with Gasteiger partial charge >= 0.3 is 0 Å². The minimum Gasteiger partial charge on any atom is -0.314 e. The van der Waals surface area contributed by atoms with Gasteiger partial charge in [-0.15, -0.1) is 11.3 Å². The van der Waals surface area contributed by atoms with Crippen LogP contribution in [0.5, 0.6) is 0 Å². The number of hydrogen-bond acceptors (Lipinski definition) is 4. The van der Waals surface area contributed by atoms with Gasteiger partial charge in [0, 0.05) is 61.6 Å². The summed E-state index contributed by atoms with van der Waals surface area (Å²) in [5.74, 6) is 0.